The monoisotopic (exact) mass is 199 g/mol. The summed E-state index contributed by atoms with van der Waals surface area (Å²) in [6, 6.07) is 9.53. The fourth-order valence-electron chi connectivity index (χ4n) is 1.17. The standard InChI is InChI=1S/C11H15F2N/c1-11(14,10(12)13)8-7-9-5-3-2-4-6-9/h2-6,10H,7-8,14H2,1H3. The Morgan fingerprint density at radius 2 is 1.86 bits per heavy atom. The highest BCUT2D eigenvalue weighted by Gasteiger charge is 2.29. The van der Waals surface area contributed by atoms with Gasteiger partial charge in [0.15, 0.2) is 0 Å². The van der Waals surface area contributed by atoms with Gasteiger partial charge in [0.1, 0.15) is 0 Å². The van der Waals surface area contributed by atoms with E-state index in [0.717, 1.165) is 5.56 Å². The second kappa shape index (κ2) is 4.51. The third-order valence-corrected chi connectivity index (χ3v) is 2.29. The number of hydrogen-bond acceptors (Lipinski definition) is 1. The topological polar surface area (TPSA) is 26.0 Å². The van der Waals surface area contributed by atoms with Gasteiger partial charge in [-0.15, -0.1) is 0 Å². The van der Waals surface area contributed by atoms with Crippen LogP contribution in [0.1, 0.15) is 18.9 Å². The Balaban J connectivity index is 2.49. The number of rotatable bonds is 4. The van der Waals surface area contributed by atoms with Gasteiger partial charge in [0, 0.05) is 0 Å². The first-order valence-electron chi connectivity index (χ1n) is 4.63. The van der Waals surface area contributed by atoms with Crippen LogP contribution >= 0.6 is 0 Å². The minimum Gasteiger partial charge on any atom is -0.321 e. The van der Waals surface area contributed by atoms with Gasteiger partial charge in [0.05, 0.1) is 5.54 Å². The van der Waals surface area contributed by atoms with Gasteiger partial charge >= 0.3 is 0 Å². The van der Waals surface area contributed by atoms with Crippen LogP contribution in [0.2, 0.25) is 0 Å². The van der Waals surface area contributed by atoms with Crippen molar-refractivity contribution >= 4 is 0 Å². The van der Waals surface area contributed by atoms with Crippen LogP contribution in [0.15, 0.2) is 30.3 Å². The SMILES string of the molecule is CC(N)(CCc1ccccc1)C(F)F. The van der Waals surface area contributed by atoms with Crippen LogP contribution in [0.4, 0.5) is 8.78 Å². The lowest BCUT2D eigenvalue weighted by Gasteiger charge is -2.23. The van der Waals surface area contributed by atoms with Gasteiger partial charge in [-0.1, -0.05) is 30.3 Å². The van der Waals surface area contributed by atoms with Crippen molar-refractivity contribution in [1.29, 1.82) is 0 Å². The van der Waals surface area contributed by atoms with Crippen molar-refractivity contribution in [2.24, 2.45) is 5.73 Å². The average molecular weight is 199 g/mol. The molecule has 3 heteroatoms. The molecule has 0 radical (unpaired) electrons. The predicted octanol–water partition coefficient (Wildman–Crippen LogP) is 2.60. The number of hydrogen-bond donors (Lipinski definition) is 1. The normalized spacial score (nSPS) is 15.5. The van der Waals surface area contributed by atoms with Crippen molar-refractivity contribution in [3.05, 3.63) is 35.9 Å². The Labute approximate surface area is 82.9 Å². The molecule has 1 aromatic carbocycles. The van der Waals surface area contributed by atoms with Gasteiger partial charge in [-0.2, -0.15) is 0 Å². The van der Waals surface area contributed by atoms with Gasteiger partial charge in [-0.25, -0.2) is 8.78 Å². The van der Waals surface area contributed by atoms with E-state index in [-0.39, 0.29) is 0 Å². The van der Waals surface area contributed by atoms with Gasteiger partial charge in [0.25, 0.3) is 6.43 Å². The minimum atomic E-state index is -2.47. The number of halogens is 2. The minimum absolute atomic E-state index is 0.300. The van der Waals surface area contributed by atoms with Crippen LogP contribution in [-0.4, -0.2) is 12.0 Å². The Morgan fingerprint density at radius 1 is 1.29 bits per heavy atom. The average Bonchev–Trinajstić information content (AvgIpc) is 2.16. The lowest BCUT2D eigenvalue weighted by Crippen LogP contribution is -2.44. The molecule has 14 heavy (non-hydrogen) atoms. The Kier molecular flexibility index (Phi) is 3.58. The van der Waals surface area contributed by atoms with Crippen LogP contribution in [0.25, 0.3) is 0 Å². The first kappa shape index (κ1) is 11.1. The third kappa shape index (κ3) is 3.07. The summed E-state index contributed by atoms with van der Waals surface area (Å²) >= 11 is 0. The largest absolute Gasteiger partial charge is 0.321 e. The molecule has 0 spiro atoms. The highest BCUT2D eigenvalue weighted by Crippen LogP contribution is 2.18. The molecule has 0 saturated heterocycles. The number of nitrogens with two attached hydrogens (primary N) is 1. The molecule has 1 unspecified atom stereocenters. The van der Waals surface area contributed by atoms with E-state index in [0.29, 0.717) is 12.8 Å². The van der Waals surface area contributed by atoms with Crippen LogP contribution in [0.5, 0.6) is 0 Å². The maximum absolute atomic E-state index is 12.4. The van der Waals surface area contributed by atoms with E-state index in [1.165, 1.54) is 6.92 Å². The van der Waals surface area contributed by atoms with Crippen molar-refractivity contribution < 1.29 is 8.78 Å². The summed E-state index contributed by atoms with van der Waals surface area (Å²) in [7, 11) is 0. The van der Waals surface area contributed by atoms with E-state index in [4.69, 9.17) is 5.73 Å². The van der Waals surface area contributed by atoms with Gasteiger partial charge in [0.2, 0.25) is 0 Å². The molecule has 1 rings (SSSR count). The van der Waals surface area contributed by atoms with E-state index in [9.17, 15) is 8.78 Å². The van der Waals surface area contributed by atoms with E-state index in [1.807, 2.05) is 30.3 Å². The third-order valence-electron chi connectivity index (χ3n) is 2.29. The molecule has 0 bridgehead atoms. The van der Waals surface area contributed by atoms with Crippen molar-refractivity contribution in [3.63, 3.8) is 0 Å². The number of aryl methyl sites for hydroxylation is 1. The van der Waals surface area contributed by atoms with Crippen LogP contribution in [-0.2, 0) is 6.42 Å². The van der Waals surface area contributed by atoms with Gasteiger partial charge < -0.3 is 5.73 Å². The second-order valence-corrected chi connectivity index (χ2v) is 3.79. The zero-order chi connectivity index (χ0) is 10.6. The van der Waals surface area contributed by atoms with Crippen LogP contribution < -0.4 is 5.73 Å². The Bertz CT molecular complexity index is 270. The molecular weight excluding hydrogens is 184 g/mol. The second-order valence-electron chi connectivity index (χ2n) is 3.79. The van der Waals surface area contributed by atoms with Crippen molar-refractivity contribution in [2.75, 3.05) is 0 Å². The zero-order valence-electron chi connectivity index (χ0n) is 8.21. The smallest absolute Gasteiger partial charge is 0.256 e. The fourth-order valence-corrected chi connectivity index (χ4v) is 1.17. The first-order chi connectivity index (χ1) is 6.52. The first-order valence-corrected chi connectivity index (χ1v) is 4.63. The lowest BCUT2D eigenvalue weighted by atomic mass is 9.95. The molecule has 0 fully saturated rings. The molecular formula is C11H15F2N. The zero-order valence-corrected chi connectivity index (χ0v) is 8.21. The van der Waals surface area contributed by atoms with E-state index >= 15 is 0 Å². The summed E-state index contributed by atoms with van der Waals surface area (Å²) in [5.41, 5.74) is 5.12. The molecule has 0 aliphatic rings. The maximum Gasteiger partial charge on any atom is 0.256 e. The summed E-state index contributed by atoms with van der Waals surface area (Å²) in [5, 5.41) is 0. The molecule has 0 aliphatic carbocycles. The quantitative estimate of drug-likeness (QED) is 0.792. The molecule has 2 N–H and O–H groups in total. The lowest BCUT2D eigenvalue weighted by molar-refractivity contribution is 0.0591. The molecule has 1 atom stereocenters. The maximum atomic E-state index is 12.4. The van der Waals surface area contributed by atoms with E-state index in [1.54, 1.807) is 0 Å². The molecule has 1 nitrogen and oxygen atoms in total. The fraction of sp³-hybridized carbons (Fsp3) is 0.455. The molecule has 0 heterocycles. The van der Waals surface area contributed by atoms with E-state index in [2.05, 4.69) is 0 Å². The van der Waals surface area contributed by atoms with E-state index < -0.39 is 12.0 Å². The van der Waals surface area contributed by atoms with Gasteiger partial charge in [-0.3, -0.25) is 0 Å². The van der Waals surface area contributed by atoms with Crippen molar-refractivity contribution in [2.45, 2.75) is 31.7 Å². The molecule has 0 saturated carbocycles. The molecule has 1 aromatic rings. The van der Waals surface area contributed by atoms with Crippen molar-refractivity contribution in [3.8, 4) is 0 Å². The number of alkyl halides is 2. The summed E-state index contributed by atoms with van der Waals surface area (Å²) < 4.78 is 24.8. The highest BCUT2D eigenvalue weighted by atomic mass is 19.3. The molecule has 0 amide bonds. The Morgan fingerprint density at radius 3 is 2.36 bits per heavy atom. The molecule has 0 aliphatic heterocycles. The summed E-state index contributed by atoms with van der Waals surface area (Å²) in [5.74, 6) is 0. The van der Waals surface area contributed by atoms with Crippen LogP contribution in [0, 0.1) is 0 Å². The van der Waals surface area contributed by atoms with Gasteiger partial charge in [-0.05, 0) is 25.3 Å². The summed E-state index contributed by atoms with van der Waals surface area (Å²) in [4.78, 5) is 0. The summed E-state index contributed by atoms with van der Waals surface area (Å²) in [6.45, 7) is 1.39. The predicted molar refractivity (Wildman–Crippen MR) is 53.4 cm³/mol. The summed E-state index contributed by atoms with van der Waals surface area (Å²) in [6.07, 6.45) is -1.57. The molecule has 78 valence electrons. The van der Waals surface area contributed by atoms with Crippen LogP contribution in [0.3, 0.4) is 0 Å². The number of benzene rings is 1. The highest BCUT2D eigenvalue weighted by molar-refractivity contribution is 5.15. The Hall–Kier alpha value is -0.960. The molecule has 0 aromatic heterocycles. The van der Waals surface area contributed by atoms with Crippen molar-refractivity contribution in [1.82, 2.24) is 0 Å².